The summed E-state index contributed by atoms with van der Waals surface area (Å²) in [6.07, 6.45) is 1.55. The van der Waals surface area contributed by atoms with E-state index in [1.54, 1.807) is 25.1 Å². The van der Waals surface area contributed by atoms with Gasteiger partial charge in [0.2, 0.25) is 0 Å². The maximum absolute atomic E-state index is 13.1. The zero-order valence-corrected chi connectivity index (χ0v) is 12.8. The van der Waals surface area contributed by atoms with Crippen molar-refractivity contribution in [1.29, 1.82) is 0 Å². The highest BCUT2D eigenvalue weighted by molar-refractivity contribution is 8.26. The Balaban J connectivity index is 2.16. The number of ether oxygens (including phenoxy) is 1. The molecule has 1 heterocycles. The van der Waals surface area contributed by atoms with Crippen LogP contribution in [0.2, 0.25) is 0 Å². The first-order chi connectivity index (χ1) is 10.0. The molecule has 7 heteroatoms. The number of nitrogens with zero attached hydrogens (tertiary/aromatic N) is 1. The minimum Gasteiger partial charge on any atom is -0.465 e. The summed E-state index contributed by atoms with van der Waals surface area (Å²) in [5.74, 6) is -1.27. The van der Waals surface area contributed by atoms with E-state index in [-0.39, 0.29) is 29.2 Å². The molecule has 110 valence electrons. The number of thiocarbonyl (C=S) groups is 1. The number of amides is 1. The Labute approximate surface area is 130 Å². The summed E-state index contributed by atoms with van der Waals surface area (Å²) in [7, 11) is 0. The van der Waals surface area contributed by atoms with E-state index < -0.39 is 5.97 Å². The molecule has 21 heavy (non-hydrogen) atoms. The Kier molecular flexibility index (Phi) is 5.08. The summed E-state index contributed by atoms with van der Waals surface area (Å²) in [5.41, 5.74) is 0.562. The first-order valence-corrected chi connectivity index (χ1v) is 7.40. The summed E-state index contributed by atoms with van der Waals surface area (Å²) in [4.78, 5) is 25.2. The highest BCUT2D eigenvalue weighted by Gasteiger charge is 2.33. The maximum Gasteiger partial charge on any atom is 0.326 e. The van der Waals surface area contributed by atoms with E-state index in [1.165, 1.54) is 17.0 Å². The molecule has 0 radical (unpaired) electrons. The molecule has 1 aliphatic rings. The number of benzene rings is 1. The number of carbonyl (C=O) groups is 2. The minimum absolute atomic E-state index is 0.209. The van der Waals surface area contributed by atoms with Gasteiger partial charge in [0.05, 0.1) is 11.5 Å². The van der Waals surface area contributed by atoms with Gasteiger partial charge in [-0.1, -0.05) is 36.1 Å². The van der Waals surface area contributed by atoms with Gasteiger partial charge in [-0.3, -0.25) is 14.5 Å². The van der Waals surface area contributed by atoms with E-state index in [0.717, 1.165) is 11.8 Å². The largest absolute Gasteiger partial charge is 0.465 e. The van der Waals surface area contributed by atoms with Crippen molar-refractivity contribution in [3.63, 3.8) is 0 Å². The smallest absolute Gasteiger partial charge is 0.326 e. The number of hydrogen-bond donors (Lipinski definition) is 0. The van der Waals surface area contributed by atoms with E-state index in [4.69, 9.17) is 17.0 Å². The van der Waals surface area contributed by atoms with Crippen LogP contribution in [0.4, 0.5) is 4.39 Å². The van der Waals surface area contributed by atoms with Gasteiger partial charge in [0, 0.05) is 0 Å². The third kappa shape index (κ3) is 3.89. The summed E-state index contributed by atoms with van der Waals surface area (Å²) in [5, 5.41) is 0. The lowest BCUT2D eigenvalue weighted by atomic mass is 10.2. The number of esters is 1. The van der Waals surface area contributed by atoms with E-state index in [2.05, 4.69) is 0 Å². The van der Waals surface area contributed by atoms with Gasteiger partial charge in [0.1, 0.15) is 16.7 Å². The molecule has 0 aromatic heterocycles. The molecule has 4 nitrogen and oxygen atoms in total. The topological polar surface area (TPSA) is 46.6 Å². The fourth-order valence-electron chi connectivity index (χ4n) is 1.72. The van der Waals surface area contributed by atoms with E-state index in [0.29, 0.717) is 10.5 Å². The predicted molar refractivity (Wildman–Crippen MR) is 82.9 cm³/mol. The third-order valence-electron chi connectivity index (χ3n) is 2.61. The van der Waals surface area contributed by atoms with Crippen LogP contribution in [0.3, 0.4) is 0 Å². The highest BCUT2D eigenvalue weighted by atomic mass is 32.2. The molecule has 0 N–H and O–H groups in total. The minimum atomic E-state index is -0.513. The van der Waals surface area contributed by atoms with Crippen LogP contribution in [0.5, 0.6) is 0 Å². The summed E-state index contributed by atoms with van der Waals surface area (Å²) in [6.45, 7) is 1.72. The molecule has 1 amide bonds. The lowest BCUT2D eigenvalue weighted by Gasteiger charge is -2.12. The second-order valence-corrected chi connectivity index (χ2v) is 5.80. The Morgan fingerprint density at radius 3 is 2.95 bits per heavy atom. The van der Waals surface area contributed by atoms with Crippen LogP contribution < -0.4 is 0 Å². The second kappa shape index (κ2) is 6.82. The van der Waals surface area contributed by atoms with Gasteiger partial charge in [-0.05, 0) is 30.7 Å². The molecule has 1 aromatic rings. The Morgan fingerprint density at radius 1 is 1.52 bits per heavy atom. The van der Waals surface area contributed by atoms with Crippen LogP contribution in [0.25, 0.3) is 6.08 Å². The van der Waals surface area contributed by atoms with Gasteiger partial charge in [0.15, 0.2) is 0 Å². The molecular formula is C14H12FNO3S2. The average molecular weight is 325 g/mol. The van der Waals surface area contributed by atoms with Gasteiger partial charge in [-0.25, -0.2) is 4.39 Å². The number of thioether (sulfide) groups is 1. The molecule has 0 aliphatic carbocycles. The summed E-state index contributed by atoms with van der Waals surface area (Å²) < 4.78 is 18.2. The van der Waals surface area contributed by atoms with Crippen molar-refractivity contribution in [3.05, 3.63) is 40.6 Å². The molecule has 1 aliphatic heterocycles. The zero-order valence-electron chi connectivity index (χ0n) is 11.2. The van der Waals surface area contributed by atoms with Gasteiger partial charge >= 0.3 is 5.97 Å². The van der Waals surface area contributed by atoms with Crippen LogP contribution >= 0.6 is 24.0 Å². The quantitative estimate of drug-likeness (QED) is 0.484. The number of halogens is 1. The van der Waals surface area contributed by atoms with Gasteiger partial charge in [-0.15, -0.1) is 0 Å². The van der Waals surface area contributed by atoms with Crippen molar-refractivity contribution in [2.75, 3.05) is 13.2 Å². The average Bonchev–Trinajstić information content (AvgIpc) is 2.67. The van der Waals surface area contributed by atoms with Crippen LogP contribution in [0, 0.1) is 5.82 Å². The number of rotatable bonds is 4. The van der Waals surface area contributed by atoms with Crippen LogP contribution in [-0.2, 0) is 14.3 Å². The van der Waals surface area contributed by atoms with Crippen LogP contribution in [0.1, 0.15) is 12.5 Å². The highest BCUT2D eigenvalue weighted by Crippen LogP contribution is 2.32. The molecule has 1 saturated heterocycles. The molecule has 0 atom stereocenters. The normalized spacial score (nSPS) is 16.7. The van der Waals surface area contributed by atoms with Crippen molar-refractivity contribution >= 4 is 46.3 Å². The Hall–Kier alpha value is -1.73. The standard InChI is InChI=1S/C14H12FNO3S2/c1-2-19-12(17)8-16-13(18)11(21-14(16)20)7-9-4-3-5-10(15)6-9/h3-7H,2,8H2,1H3/b11-7-. The number of hydrogen-bond acceptors (Lipinski definition) is 5. The summed E-state index contributed by atoms with van der Waals surface area (Å²) >= 11 is 6.17. The Morgan fingerprint density at radius 2 is 2.29 bits per heavy atom. The molecule has 0 bridgehead atoms. The van der Waals surface area contributed by atoms with E-state index in [1.807, 2.05) is 0 Å². The molecule has 0 unspecified atom stereocenters. The van der Waals surface area contributed by atoms with Gasteiger partial charge in [-0.2, -0.15) is 0 Å². The van der Waals surface area contributed by atoms with E-state index in [9.17, 15) is 14.0 Å². The lowest BCUT2D eigenvalue weighted by Crippen LogP contribution is -2.34. The predicted octanol–water partition coefficient (Wildman–Crippen LogP) is 2.59. The molecule has 0 saturated carbocycles. The van der Waals surface area contributed by atoms with Crippen molar-refractivity contribution < 1.29 is 18.7 Å². The van der Waals surface area contributed by atoms with Gasteiger partial charge in [0.25, 0.3) is 5.91 Å². The van der Waals surface area contributed by atoms with E-state index >= 15 is 0 Å². The molecule has 1 fully saturated rings. The van der Waals surface area contributed by atoms with Gasteiger partial charge < -0.3 is 4.74 Å². The zero-order chi connectivity index (χ0) is 15.4. The van der Waals surface area contributed by atoms with Crippen molar-refractivity contribution in [2.24, 2.45) is 0 Å². The monoisotopic (exact) mass is 325 g/mol. The number of carbonyl (C=O) groups excluding carboxylic acids is 2. The molecule has 0 spiro atoms. The molecule has 2 rings (SSSR count). The maximum atomic E-state index is 13.1. The fraction of sp³-hybridized carbons (Fsp3) is 0.214. The molecule has 1 aromatic carbocycles. The summed E-state index contributed by atoms with van der Waals surface area (Å²) in [6, 6.07) is 5.88. The van der Waals surface area contributed by atoms with Crippen molar-refractivity contribution in [3.8, 4) is 0 Å². The molecular weight excluding hydrogens is 313 g/mol. The lowest BCUT2D eigenvalue weighted by molar-refractivity contribution is -0.145. The first kappa shape index (κ1) is 15.7. The van der Waals surface area contributed by atoms with Crippen molar-refractivity contribution in [2.45, 2.75) is 6.92 Å². The second-order valence-electron chi connectivity index (χ2n) is 4.13. The Bertz CT molecular complexity index is 630. The van der Waals surface area contributed by atoms with Crippen LogP contribution in [0.15, 0.2) is 29.2 Å². The van der Waals surface area contributed by atoms with Crippen LogP contribution in [-0.4, -0.2) is 34.2 Å². The van der Waals surface area contributed by atoms with Crippen molar-refractivity contribution in [1.82, 2.24) is 4.90 Å². The third-order valence-corrected chi connectivity index (χ3v) is 3.99. The first-order valence-electron chi connectivity index (χ1n) is 6.18. The SMILES string of the molecule is CCOC(=O)CN1C(=O)/C(=C/c2cccc(F)c2)SC1=S. The fourth-order valence-corrected chi connectivity index (χ4v) is 2.97.